The zero-order valence-corrected chi connectivity index (χ0v) is 7.59. The standard InChI is InChI=1S/C9H3ClFN3/c10-8-5(1-12)2-14-9-6(8)3-13-4-7(9)11/h2-4H. The Morgan fingerprint density at radius 2 is 2.14 bits per heavy atom. The van der Waals surface area contributed by atoms with Crippen molar-refractivity contribution < 1.29 is 4.39 Å². The van der Waals surface area contributed by atoms with E-state index >= 15 is 0 Å². The molecule has 0 aliphatic rings. The van der Waals surface area contributed by atoms with Crippen LogP contribution in [0.25, 0.3) is 10.9 Å². The summed E-state index contributed by atoms with van der Waals surface area (Å²) in [4.78, 5) is 7.43. The maximum absolute atomic E-state index is 13.1. The van der Waals surface area contributed by atoms with E-state index in [0.29, 0.717) is 5.39 Å². The highest BCUT2D eigenvalue weighted by Crippen LogP contribution is 2.25. The Balaban J connectivity index is 2.92. The van der Waals surface area contributed by atoms with Gasteiger partial charge in [-0.3, -0.25) is 9.97 Å². The van der Waals surface area contributed by atoms with E-state index in [9.17, 15) is 4.39 Å². The quantitative estimate of drug-likeness (QED) is 0.666. The lowest BCUT2D eigenvalue weighted by molar-refractivity contribution is 0.631. The Kier molecular flexibility index (Phi) is 2.02. The van der Waals surface area contributed by atoms with Gasteiger partial charge in [-0.25, -0.2) is 4.39 Å². The molecular formula is C9H3ClFN3. The maximum atomic E-state index is 13.1. The molecule has 2 rings (SSSR count). The van der Waals surface area contributed by atoms with E-state index < -0.39 is 5.82 Å². The summed E-state index contributed by atoms with van der Waals surface area (Å²) in [7, 11) is 0. The predicted molar refractivity (Wildman–Crippen MR) is 49.2 cm³/mol. The van der Waals surface area contributed by atoms with E-state index in [1.807, 2.05) is 6.07 Å². The number of hydrogen-bond acceptors (Lipinski definition) is 3. The van der Waals surface area contributed by atoms with Crippen molar-refractivity contribution in [2.45, 2.75) is 0 Å². The Morgan fingerprint density at radius 1 is 1.36 bits per heavy atom. The number of nitriles is 1. The zero-order chi connectivity index (χ0) is 10.1. The summed E-state index contributed by atoms with van der Waals surface area (Å²) in [5, 5.41) is 9.20. The lowest BCUT2D eigenvalue weighted by atomic mass is 10.2. The number of halogens is 2. The number of pyridine rings is 2. The van der Waals surface area contributed by atoms with Gasteiger partial charge in [-0.2, -0.15) is 5.26 Å². The molecule has 3 nitrogen and oxygen atoms in total. The molecule has 0 saturated heterocycles. The Morgan fingerprint density at radius 3 is 2.86 bits per heavy atom. The van der Waals surface area contributed by atoms with Gasteiger partial charge >= 0.3 is 0 Å². The minimum Gasteiger partial charge on any atom is -0.261 e. The van der Waals surface area contributed by atoms with Gasteiger partial charge in [0, 0.05) is 17.8 Å². The van der Waals surface area contributed by atoms with Crippen LogP contribution < -0.4 is 0 Å². The van der Waals surface area contributed by atoms with Crippen LogP contribution in [0.3, 0.4) is 0 Å². The molecule has 0 amide bonds. The SMILES string of the molecule is N#Cc1cnc2c(F)cncc2c1Cl. The fourth-order valence-corrected chi connectivity index (χ4v) is 1.36. The molecule has 5 heteroatoms. The van der Waals surface area contributed by atoms with Crippen LogP contribution in [0.15, 0.2) is 18.6 Å². The van der Waals surface area contributed by atoms with Crippen molar-refractivity contribution in [3.05, 3.63) is 35.0 Å². The largest absolute Gasteiger partial charge is 0.261 e. The van der Waals surface area contributed by atoms with Crippen LogP contribution in [0.2, 0.25) is 5.02 Å². The van der Waals surface area contributed by atoms with Gasteiger partial charge in [0.25, 0.3) is 0 Å². The molecule has 2 heterocycles. The number of rotatable bonds is 0. The summed E-state index contributed by atoms with van der Waals surface area (Å²) in [5.41, 5.74) is 0.343. The van der Waals surface area contributed by atoms with Crippen LogP contribution in [0, 0.1) is 17.1 Å². The maximum Gasteiger partial charge on any atom is 0.167 e. The molecule has 0 bridgehead atoms. The molecule has 2 aromatic rings. The van der Waals surface area contributed by atoms with Crippen molar-refractivity contribution in [2.75, 3.05) is 0 Å². The second-order valence-electron chi connectivity index (χ2n) is 2.62. The molecule has 0 aromatic carbocycles. The summed E-state index contributed by atoms with van der Waals surface area (Å²) in [5.74, 6) is -0.547. The van der Waals surface area contributed by atoms with Gasteiger partial charge in [0.15, 0.2) is 5.82 Å². The first kappa shape index (κ1) is 8.85. The monoisotopic (exact) mass is 207 g/mol. The fourth-order valence-electron chi connectivity index (χ4n) is 1.13. The fraction of sp³-hybridized carbons (Fsp3) is 0. The van der Waals surface area contributed by atoms with Gasteiger partial charge in [-0.15, -0.1) is 0 Å². The van der Waals surface area contributed by atoms with Gasteiger partial charge in [0.2, 0.25) is 0 Å². The Labute approximate surface area is 83.8 Å². The lowest BCUT2D eigenvalue weighted by Gasteiger charge is -2.00. The molecule has 68 valence electrons. The van der Waals surface area contributed by atoms with Crippen molar-refractivity contribution >= 4 is 22.5 Å². The molecule has 0 N–H and O–H groups in total. The van der Waals surface area contributed by atoms with Gasteiger partial charge in [-0.05, 0) is 0 Å². The van der Waals surface area contributed by atoms with E-state index in [-0.39, 0.29) is 16.1 Å². The molecule has 0 saturated carbocycles. The zero-order valence-electron chi connectivity index (χ0n) is 6.83. The highest BCUT2D eigenvalue weighted by atomic mass is 35.5. The molecule has 14 heavy (non-hydrogen) atoms. The van der Waals surface area contributed by atoms with Crippen LogP contribution in [-0.2, 0) is 0 Å². The second-order valence-corrected chi connectivity index (χ2v) is 2.99. The van der Waals surface area contributed by atoms with Gasteiger partial charge in [0.1, 0.15) is 11.6 Å². The van der Waals surface area contributed by atoms with Crippen molar-refractivity contribution in [1.82, 2.24) is 9.97 Å². The summed E-state index contributed by atoms with van der Waals surface area (Å²) < 4.78 is 13.1. The van der Waals surface area contributed by atoms with Gasteiger partial charge < -0.3 is 0 Å². The minimum atomic E-state index is -0.547. The van der Waals surface area contributed by atoms with E-state index in [2.05, 4.69) is 9.97 Å². The summed E-state index contributed by atoms with van der Waals surface area (Å²) in [6, 6.07) is 1.86. The summed E-state index contributed by atoms with van der Waals surface area (Å²) in [6.45, 7) is 0. The molecule has 0 atom stereocenters. The van der Waals surface area contributed by atoms with Crippen molar-refractivity contribution in [2.24, 2.45) is 0 Å². The minimum absolute atomic E-state index is 0.129. The summed E-state index contributed by atoms with van der Waals surface area (Å²) >= 11 is 5.84. The van der Waals surface area contributed by atoms with Crippen LogP contribution in [0.5, 0.6) is 0 Å². The van der Waals surface area contributed by atoms with Gasteiger partial charge in [-0.1, -0.05) is 11.6 Å². The third-order valence-electron chi connectivity index (χ3n) is 1.79. The first-order chi connectivity index (χ1) is 6.74. The molecule has 2 aromatic heterocycles. The molecule has 0 fully saturated rings. The van der Waals surface area contributed by atoms with Crippen LogP contribution in [-0.4, -0.2) is 9.97 Å². The molecule has 0 aliphatic carbocycles. The molecule has 0 radical (unpaired) electrons. The number of aromatic nitrogens is 2. The lowest BCUT2D eigenvalue weighted by Crippen LogP contribution is -1.89. The average molecular weight is 208 g/mol. The van der Waals surface area contributed by atoms with E-state index in [1.165, 1.54) is 12.4 Å². The van der Waals surface area contributed by atoms with Crippen LogP contribution >= 0.6 is 11.6 Å². The highest BCUT2D eigenvalue weighted by molar-refractivity contribution is 6.36. The third kappa shape index (κ3) is 1.19. The van der Waals surface area contributed by atoms with Gasteiger partial charge in [0.05, 0.1) is 16.8 Å². The normalized spacial score (nSPS) is 10.1. The molecular weight excluding hydrogens is 205 g/mol. The number of hydrogen-bond donors (Lipinski definition) is 0. The van der Waals surface area contributed by atoms with Crippen molar-refractivity contribution in [3.63, 3.8) is 0 Å². The second kappa shape index (κ2) is 3.20. The topological polar surface area (TPSA) is 49.6 Å². The van der Waals surface area contributed by atoms with Crippen molar-refractivity contribution in [1.29, 1.82) is 5.26 Å². The van der Waals surface area contributed by atoms with E-state index in [0.717, 1.165) is 6.20 Å². The van der Waals surface area contributed by atoms with Crippen LogP contribution in [0.4, 0.5) is 4.39 Å². The third-order valence-corrected chi connectivity index (χ3v) is 2.20. The molecule has 0 unspecified atom stereocenters. The summed E-state index contributed by atoms with van der Waals surface area (Å²) in [6.07, 6.45) is 3.68. The van der Waals surface area contributed by atoms with E-state index in [4.69, 9.17) is 16.9 Å². The first-order valence-electron chi connectivity index (χ1n) is 3.72. The van der Waals surface area contributed by atoms with Crippen molar-refractivity contribution in [3.8, 4) is 6.07 Å². The molecule has 0 aliphatic heterocycles. The Bertz CT molecular complexity index is 547. The predicted octanol–water partition coefficient (Wildman–Crippen LogP) is 2.29. The molecule has 0 spiro atoms. The average Bonchev–Trinajstić information content (AvgIpc) is 2.20. The van der Waals surface area contributed by atoms with E-state index in [1.54, 1.807) is 0 Å². The number of nitrogens with zero attached hydrogens (tertiary/aromatic N) is 3. The first-order valence-corrected chi connectivity index (χ1v) is 4.09. The smallest absolute Gasteiger partial charge is 0.167 e. The Hall–Kier alpha value is -1.73. The number of fused-ring (bicyclic) bond motifs is 1. The van der Waals surface area contributed by atoms with Crippen LogP contribution in [0.1, 0.15) is 5.56 Å². The highest BCUT2D eigenvalue weighted by Gasteiger charge is 2.09.